The Kier molecular flexibility index (Phi) is 3.29. The average Bonchev–Trinajstić information content (AvgIpc) is 2.45. The summed E-state index contributed by atoms with van der Waals surface area (Å²) in [5.74, 6) is 6.23. The largest absolute Gasteiger partial charge is 0.308 e. The number of aliphatic imine (C=N–C) groups is 1. The van der Waals surface area contributed by atoms with Crippen molar-refractivity contribution in [3.63, 3.8) is 0 Å². The van der Waals surface area contributed by atoms with Crippen LogP contribution in [0.4, 0.5) is 0 Å². The van der Waals surface area contributed by atoms with Crippen molar-refractivity contribution in [3.05, 3.63) is 21.9 Å². The van der Waals surface area contributed by atoms with E-state index in [4.69, 9.17) is 5.84 Å². The van der Waals surface area contributed by atoms with Crippen LogP contribution in [0.15, 0.2) is 16.4 Å². The molecule has 0 radical (unpaired) electrons. The van der Waals surface area contributed by atoms with E-state index >= 15 is 0 Å². The Hall–Kier alpha value is -0.870. The van der Waals surface area contributed by atoms with Gasteiger partial charge in [0.05, 0.1) is 10.4 Å². The van der Waals surface area contributed by atoms with Crippen LogP contribution in [-0.2, 0) is 0 Å². The summed E-state index contributed by atoms with van der Waals surface area (Å²) in [5, 5.41) is 2.04. The fourth-order valence-electron chi connectivity index (χ4n) is 1.10. The molecule has 0 aliphatic heterocycles. The standard InChI is InChI=1S/C10H17N3S/c1-7-5-6-14-8(7)9(13-11)12-10(2,3)4/h5-6H,11H2,1-4H3,(H,12,13). The lowest BCUT2D eigenvalue weighted by Gasteiger charge is -2.15. The maximum atomic E-state index is 5.47. The molecular weight excluding hydrogens is 194 g/mol. The zero-order valence-electron chi connectivity index (χ0n) is 9.09. The third kappa shape index (κ3) is 2.82. The van der Waals surface area contributed by atoms with Gasteiger partial charge in [0.2, 0.25) is 0 Å². The third-order valence-corrected chi connectivity index (χ3v) is 2.68. The lowest BCUT2D eigenvalue weighted by Crippen LogP contribution is -2.33. The van der Waals surface area contributed by atoms with Crippen LogP contribution >= 0.6 is 11.3 Å². The van der Waals surface area contributed by atoms with Gasteiger partial charge in [-0.3, -0.25) is 4.99 Å². The number of hydrazine groups is 1. The molecule has 3 nitrogen and oxygen atoms in total. The van der Waals surface area contributed by atoms with Crippen molar-refractivity contribution in [2.75, 3.05) is 0 Å². The van der Waals surface area contributed by atoms with Gasteiger partial charge >= 0.3 is 0 Å². The van der Waals surface area contributed by atoms with E-state index < -0.39 is 0 Å². The first-order chi connectivity index (χ1) is 6.44. The third-order valence-electron chi connectivity index (χ3n) is 1.66. The molecule has 0 spiro atoms. The highest BCUT2D eigenvalue weighted by atomic mass is 32.1. The molecule has 0 amide bonds. The highest BCUT2D eigenvalue weighted by molar-refractivity contribution is 7.12. The number of hydrogen-bond donors (Lipinski definition) is 2. The Morgan fingerprint density at radius 1 is 1.50 bits per heavy atom. The van der Waals surface area contributed by atoms with E-state index in [-0.39, 0.29) is 5.54 Å². The van der Waals surface area contributed by atoms with Gasteiger partial charge in [-0.05, 0) is 44.7 Å². The Labute approximate surface area is 89.0 Å². The van der Waals surface area contributed by atoms with Gasteiger partial charge in [0.25, 0.3) is 0 Å². The molecule has 0 aliphatic carbocycles. The van der Waals surface area contributed by atoms with Crippen LogP contribution in [0.5, 0.6) is 0 Å². The van der Waals surface area contributed by atoms with E-state index in [9.17, 15) is 0 Å². The fraction of sp³-hybridized carbons (Fsp3) is 0.500. The lowest BCUT2D eigenvalue weighted by atomic mass is 10.1. The molecule has 14 heavy (non-hydrogen) atoms. The second-order valence-corrected chi connectivity index (χ2v) is 5.12. The zero-order valence-corrected chi connectivity index (χ0v) is 9.90. The Bertz CT molecular complexity index is 333. The molecule has 1 aromatic rings. The molecule has 0 fully saturated rings. The molecule has 0 unspecified atom stereocenters. The topological polar surface area (TPSA) is 50.4 Å². The van der Waals surface area contributed by atoms with Crippen molar-refractivity contribution < 1.29 is 0 Å². The molecule has 1 aromatic heterocycles. The van der Waals surface area contributed by atoms with E-state index in [1.165, 1.54) is 5.56 Å². The number of nitrogens with one attached hydrogen (secondary N) is 1. The number of hydrogen-bond acceptors (Lipinski definition) is 3. The molecule has 1 heterocycles. The van der Waals surface area contributed by atoms with Crippen molar-refractivity contribution in [3.8, 4) is 0 Å². The molecular formula is C10H17N3S. The molecule has 0 atom stereocenters. The van der Waals surface area contributed by atoms with Gasteiger partial charge < -0.3 is 5.43 Å². The minimum atomic E-state index is -0.113. The molecule has 0 saturated carbocycles. The van der Waals surface area contributed by atoms with Gasteiger partial charge in [-0.1, -0.05) is 0 Å². The van der Waals surface area contributed by atoms with E-state index in [2.05, 4.69) is 23.4 Å². The monoisotopic (exact) mass is 211 g/mol. The van der Waals surface area contributed by atoms with Gasteiger partial charge in [-0.15, -0.1) is 11.3 Å². The van der Waals surface area contributed by atoms with Crippen molar-refractivity contribution >= 4 is 17.2 Å². The van der Waals surface area contributed by atoms with Crippen molar-refractivity contribution in [2.45, 2.75) is 33.2 Å². The number of rotatable bonds is 1. The SMILES string of the molecule is Cc1ccsc1C(=NC(C)(C)C)NN. The van der Waals surface area contributed by atoms with Crippen LogP contribution < -0.4 is 11.3 Å². The minimum absolute atomic E-state index is 0.113. The van der Waals surface area contributed by atoms with Gasteiger partial charge in [0.15, 0.2) is 5.84 Å². The maximum absolute atomic E-state index is 5.47. The van der Waals surface area contributed by atoms with Gasteiger partial charge in [-0.2, -0.15) is 0 Å². The van der Waals surface area contributed by atoms with Crippen molar-refractivity contribution in [1.82, 2.24) is 5.43 Å². The first-order valence-electron chi connectivity index (χ1n) is 4.55. The van der Waals surface area contributed by atoms with Gasteiger partial charge in [-0.25, -0.2) is 5.84 Å². The Morgan fingerprint density at radius 3 is 2.50 bits per heavy atom. The van der Waals surface area contributed by atoms with Crippen LogP contribution in [0, 0.1) is 6.92 Å². The number of nitrogens with two attached hydrogens (primary N) is 1. The lowest BCUT2D eigenvalue weighted by molar-refractivity contribution is 0.580. The predicted octanol–water partition coefficient (Wildman–Crippen LogP) is 2.06. The van der Waals surface area contributed by atoms with E-state index in [1.807, 2.05) is 26.2 Å². The maximum Gasteiger partial charge on any atom is 0.153 e. The van der Waals surface area contributed by atoms with Crippen LogP contribution in [0.1, 0.15) is 31.2 Å². The van der Waals surface area contributed by atoms with Gasteiger partial charge in [0, 0.05) is 0 Å². The molecule has 0 saturated heterocycles. The smallest absolute Gasteiger partial charge is 0.153 e. The normalized spacial score (nSPS) is 13.1. The van der Waals surface area contributed by atoms with Crippen LogP contribution in [0.25, 0.3) is 0 Å². The van der Waals surface area contributed by atoms with Crippen LogP contribution in [-0.4, -0.2) is 11.4 Å². The van der Waals surface area contributed by atoms with Crippen molar-refractivity contribution in [2.24, 2.45) is 10.8 Å². The summed E-state index contributed by atoms with van der Waals surface area (Å²) in [6.45, 7) is 8.20. The Balaban J connectivity index is 3.05. The molecule has 78 valence electrons. The highest BCUT2D eigenvalue weighted by Crippen LogP contribution is 2.17. The summed E-state index contributed by atoms with van der Waals surface area (Å²) < 4.78 is 0. The summed E-state index contributed by atoms with van der Waals surface area (Å²) in [6, 6.07) is 2.06. The molecule has 0 aromatic carbocycles. The van der Waals surface area contributed by atoms with E-state index in [0.717, 1.165) is 10.7 Å². The number of amidine groups is 1. The Morgan fingerprint density at radius 2 is 2.14 bits per heavy atom. The van der Waals surface area contributed by atoms with E-state index in [1.54, 1.807) is 11.3 Å². The second-order valence-electron chi connectivity index (χ2n) is 4.21. The summed E-state index contributed by atoms with van der Waals surface area (Å²) in [5.41, 5.74) is 3.75. The zero-order chi connectivity index (χ0) is 10.8. The number of nitrogens with zero attached hydrogens (tertiary/aromatic N) is 1. The quantitative estimate of drug-likeness (QED) is 0.323. The number of thiophene rings is 1. The number of aryl methyl sites for hydroxylation is 1. The molecule has 1 rings (SSSR count). The van der Waals surface area contributed by atoms with Crippen molar-refractivity contribution in [1.29, 1.82) is 0 Å². The summed E-state index contributed by atoms with van der Waals surface area (Å²) in [6.07, 6.45) is 0. The highest BCUT2D eigenvalue weighted by Gasteiger charge is 2.13. The minimum Gasteiger partial charge on any atom is -0.308 e. The molecule has 0 aliphatic rings. The second kappa shape index (κ2) is 4.11. The summed E-state index contributed by atoms with van der Waals surface area (Å²) in [7, 11) is 0. The van der Waals surface area contributed by atoms with Crippen LogP contribution in [0.2, 0.25) is 0 Å². The van der Waals surface area contributed by atoms with Crippen LogP contribution in [0.3, 0.4) is 0 Å². The molecule has 3 N–H and O–H groups in total. The molecule has 0 bridgehead atoms. The van der Waals surface area contributed by atoms with Gasteiger partial charge in [0.1, 0.15) is 0 Å². The summed E-state index contributed by atoms with van der Waals surface area (Å²) in [4.78, 5) is 5.63. The predicted molar refractivity (Wildman–Crippen MR) is 62.7 cm³/mol. The first-order valence-corrected chi connectivity index (χ1v) is 5.43. The summed E-state index contributed by atoms with van der Waals surface area (Å²) >= 11 is 1.65. The fourth-order valence-corrected chi connectivity index (χ4v) is 1.98. The van der Waals surface area contributed by atoms with E-state index in [0.29, 0.717) is 0 Å². The average molecular weight is 211 g/mol. The first kappa shape index (κ1) is 11.2. The molecule has 4 heteroatoms.